The van der Waals surface area contributed by atoms with E-state index in [1.165, 1.54) is 18.2 Å². The van der Waals surface area contributed by atoms with Crippen LogP contribution in [-0.4, -0.2) is 6.29 Å². The highest BCUT2D eigenvalue weighted by Gasteiger charge is 2.14. The topological polar surface area (TPSA) is 17.1 Å². The Kier molecular flexibility index (Phi) is 3.78. The molecule has 0 atom stereocenters. The van der Waals surface area contributed by atoms with Crippen molar-refractivity contribution in [3.63, 3.8) is 0 Å². The Hall–Kier alpha value is -1.26. The lowest BCUT2D eigenvalue weighted by Gasteiger charge is -2.08. The van der Waals surface area contributed by atoms with E-state index >= 15 is 0 Å². The monoisotopic (exact) mass is 330 g/mol. The van der Waals surface area contributed by atoms with Crippen molar-refractivity contribution in [2.75, 3.05) is 0 Å². The molecule has 0 fully saturated rings. The summed E-state index contributed by atoms with van der Waals surface area (Å²) in [6.07, 6.45) is 0.566. The number of hydrogen-bond donors (Lipinski definition) is 0. The minimum absolute atomic E-state index is 0.0154. The van der Waals surface area contributed by atoms with Crippen LogP contribution in [0, 0.1) is 11.6 Å². The van der Waals surface area contributed by atoms with Crippen LogP contribution in [0.5, 0.6) is 0 Å². The lowest BCUT2D eigenvalue weighted by Crippen LogP contribution is -1.91. The predicted octanol–water partition coefficient (Wildman–Crippen LogP) is 4.86. The summed E-state index contributed by atoms with van der Waals surface area (Å²) >= 11 is 8.78. The van der Waals surface area contributed by atoms with Gasteiger partial charge >= 0.3 is 0 Å². The Morgan fingerprint density at radius 2 is 1.78 bits per heavy atom. The zero-order valence-corrected chi connectivity index (χ0v) is 11.2. The molecule has 5 heteroatoms. The number of halogens is 4. The quantitative estimate of drug-likeness (QED) is 0.567. The Labute approximate surface area is 116 Å². The fraction of sp³-hybridized carbons (Fsp3) is 0. The zero-order valence-electron chi connectivity index (χ0n) is 8.88. The summed E-state index contributed by atoms with van der Waals surface area (Å²) in [4.78, 5) is 10.8. The summed E-state index contributed by atoms with van der Waals surface area (Å²) in [6, 6.07) is 6.47. The van der Waals surface area contributed by atoms with E-state index in [1.54, 1.807) is 0 Å². The molecular formula is C13H6BrClF2O. The first kappa shape index (κ1) is 13.2. The fourth-order valence-corrected chi connectivity index (χ4v) is 2.29. The highest BCUT2D eigenvalue weighted by molar-refractivity contribution is 9.10. The molecule has 1 nitrogen and oxygen atoms in total. The van der Waals surface area contributed by atoms with Gasteiger partial charge in [-0.2, -0.15) is 0 Å². The van der Waals surface area contributed by atoms with Crippen molar-refractivity contribution >= 4 is 33.8 Å². The van der Waals surface area contributed by atoms with Crippen molar-refractivity contribution in [1.82, 2.24) is 0 Å². The highest BCUT2D eigenvalue weighted by atomic mass is 79.9. The van der Waals surface area contributed by atoms with Crippen LogP contribution in [0.25, 0.3) is 11.1 Å². The molecule has 0 aliphatic heterocycles. The summed E-state index contributed by atoms with van der Waals surface area (Å²) in [6.45, 7) is 0. The van der Waals surface area contributed by atoms with Gasteiger partial charge in [0.05, 0.1) is 9.50 Å². The van der Waals surface area contributed by atoms with E-state index in [2.05, 4.69) is 15.9 Å². The number of carbonyl (C=O) groups is 1. The van der Waals surface area contributed by atoms with Gasteiger partial charge in [-0.3, -0.25) is 4.79 Å². The van der Waals surface area contributed by atoms with Gasteiger partial charge in [0.2, 0.25) is 0 Å². The van der Waals surface area contributed by atoms with Crippen LogP contribution in [-0.2, 0) is 0 Å². The van der Waals surface area contributed by atoms with E-state index in [0.29, 0.717) is 11.8 Å². The van der Waals surface area contributed by atoms with Crippen molar-refractivity contribution in [2.45, 2.75) is 0 Å². The summed E-state index contributed by atoms with van der Waals surface area (Å²) in [5.74, 6) is -1.16. The second-order valence-electron chi connectivity index (χ2n) is 3.57. The molecule has 18 heavy (non-hydrogen) atoms. The molecule has 0 saturated carbocycles. The molecule has 0 saturated heterocycles. The maximum atomic E-state index is 13.7. The third-order valence-corrected chi connectivity index (χ3v) is 3.58. The van der Waals surface area contributed by atoms with Crippen LogP contribution >= 0.6 is 27.5 Å². The van der Waals surface area contributed by atoms with E-state index in [9.17, 15) is 13.6 Å². The normalized spacial score (nSPS) is 10.4. The van der Waals surface area contributed by atoms with Crippen LogP contribution in [0.4, 0.5) is 8.78 Å². The summed E-state index contributed by atoms with van der Waals surface area (Å²) in [7, 11) is 0. The summed E-state index contributed by atoms with van der Waals surface area (Å²) in [5.41, 5.74) is 0.671. The van der Waals surface area contributed by atoms with Gasteiger partial charge < -0.3 is 0 Å². The Morgan fingerprint density at radius 3 is 2.44 bits per heavy atom. The lowest BCUT2D eigenvalue weighted by molar-refractivity contribution is 0.112. The predicted molar refractivity (Wildman–Crippen MR) is 69.9 cm³/mol. The Balaban J connectivity index is 2.69. The molecular weight excluding hydrogens is 325 g/mol. The van der Waals surface area contributed by atoms with Crippen LogP contribution < -0.4 is 0 Å². The molecule has 0 radical (unpaired) electrons. The second kappa shape index (κ2) is 5.16. The largest absolute Gasteiger partial charge is 0.298 e. The molecule has 2 aromatic rings. The van der Waals surface area contributed by atoms with E-state index in [4.69, 9.17) is 11.6 Å². The van der Waals surface area contributed by atoms with Gasteiger partial charge in [0.25, 0.3) is 0 Å². The maximum Gasteiger partial charge on any atom is 0.151 e. The molecule has 2 aromatic carbocycles. The number of benzene rings is 2. The molecule has 0 bridgehead atoms. The summed E-state index contributed by atoms with van der Waals surface area (Å²) < 4.78 is 27.1. The molecule has 2 rings (SSSR count). The zero-order chi connectivity index (χ0) is 13.3. The Bertz CT molecular complexity index is 629. The van der Waals surface area contributed by atoms with Gasteiger partial charge in [-0.15, -0.1) is 0 Å². The van der Waals surface area contributed by atoms with Crippen molar-refractivity contribution in [1.29, 1.82) is 0 Å². The first-order valence-electron chi connectivity index (χ1n) is 4.93. The van der Waals surface area contributed by atoms with Crippen LogP contribution in [0.15, 0.2) is 34.8 Å². The SMILES string of the molecule is O=Cc1cc(-c2c(F)ccc(F)c2Br)ccc1Cl. The van der Waals surface area contributed by atoms with Crippen molar-refractivity contribution in [2.24, 2.45) is 0 Å². The average molecular weight is 332 g/mol. The average Bonchev–Trinajstić information content (AvgIpc) is 2.36. The van der Waals surface area contributed by atoms with Gasteiger partial charge in [0, 0.05) is 11.1 Å². The summed E-state index contributed by atoms with van der Waals surface area (Å²) in [5, 5.41) is 0.265. The number of aldehydes is 1. The first-order chi connectivity index (χ1) is 8.54. The van der Waals surface area contributed by atoms with E-state index in [-0.39, 0.29) is 20.6 Å². The van der Waals surface area contributed by atoms with Gasteiger partial charge in [-0.05, 0) is 45.8 Å². The van der Waals surface area contributed by atoms with E-state index < -0.39 is 11.6 Å². The third-order valence-electron chi connectivity index (χ3n) is 2.46. The molecule has 0 aromatic heterocycles. The van der Waals surface area contributed by atoms with Gasteiger partial charge in [-0.25, -0.2) is 8.78 Å². The van der Waals surface area contributed by atoms with Crippen molar-refractivity contribution in [3.05, 3.63) is 57.0 Å². The van der Waals surface area contributed by atoms with Gasteiger partial charge in [0.1, 0.15) is 11.6 Å². The lowest BCUT2D eigenvalue weighted by atomic mass is 10.0. The van der Waals surface area contributed by atoms with Crippen molar-refractivity contribution in [3.8, 4) is 11.1 Å². The molecule has 0 heterocycles. The number of rotatable bonds is 2. The second-order valence-corrected chi connectivity index (χ2v) is 4.77. The molecule has 0 unspecified atom stereocenters. The van der Waals surface area contributed by atoms with Gasteiger partial charge in [0.15, 0.2) is 6.29 Å². The first-order valence-corrected chi connectivity index (χ1v) is 6.10. The number of hydrogen-bond acceptors (Lipinski definition) is 1. The van der Waals surface area contributed by atoms with Crippen LogP contribution in [0.1, 0.15) is 10.4 Å². The Morgan fingerprint density at radius 1 is 1.11 bits per heavy atom. The van der Waals surface area contributed by atoms with E-state index in [0.717, 1.165) is 12.1 Å². The minimum atomic E-state index is -0.581. The fourth-order valence-electron chi connectivity index (χ4n) is 1.58. The number of carbonyl (C=O) groups excluding carboxylic acids is 1. The smallest absolute Gasteiger partial charge is 0.151 e. The molecule has 0 spiro atoms. The van der Waals surface area contributed by atoms with Crippen LogP contribution in [0.2, 0.25) is 5.02 Å². The molecule has 0 amide bonds. The molecule has 0 N–H and O–H groups in total. The third kappa shape index (κ3) is 2.31. The van der Waals surface area contributed by atoms with E-state index in [1.807, 2.05) is 0 Å². The maximum absolute atomic E-state index is 13.7. The molecule has 0 aliphatic carbocycles. The molecule has 92 valence electrons. The van der Waals surface area contributed by atoms with Gasteiger partial charge in [-0.1, -0.05) is 17.7 Å². The standard InChI is InChI=1S/C13H6BrClF2O/c14-13-11(17)4-3-10(16)12(13)7-1-2-9(15)8(5-7)6-18/h1-6H. The van der Waals surface area contributed by atoms with Crippen molar-refractivity contribution < 1.29 is 13.6 Å². The van der Waals surface area contributed by atoms with Crippen LogP contribution in [0.3, 0.4) is 0 Å². The molecule has 0 aliphatic rings. The minimum Gasteiger partial charge on any atom is -0.298 e. The highest BCUT2D eigenvalue weighted by Crippen LogP contribution is 2.34.